The summed E-state index contributed by atoms with van der Waals surface area (Å²) in [6.45, 7) is 0.439. The molecule has 0 saturated heterocycles. The van der Waals surface area contributed by atoms with Crippen LogP contribution in [-0.2, 0) is 22.7 Å². The van der Waals surface area contributed by atoms with Crippen molar-refractivity contribution in [3.8, 4) is 23.0 Å². The second-order valence-corrected chi connectivity index (χ2v) is 7.11. The number of rotatable bonds is 6. The first kappa shape index (κ1) is 19.7. The third-order valence-electron chi connectivity index (χ3n) is 4.95. The largest absolute Gasteiger partial charge is 0.457 e. The molecule has 0 bridgehead atoms. The average Bonchev–Trinajstić information content (AvgIpc) is 3.49. The highest BCUT2D eigenvalue weighted by molar-refractivity contribution is 5.91. The molecule has 8 heteroatoms. The first-order chi connectivity index (χ1) is 15.7. The summed E-state index contributed by atoms with van der Waals surface area (Å²) in [5.41, 5.74) is 2.30. The van der Waals surface area contributed by atoms with Gasteiger partial charge >= 0.3 is 11.9 Å². The summed E-state index contributed by atoms with van der Waals surface area (Å²) in [5, 5.41) is 0. The minimum atomic E-state index is -0.470. The van der Waals surface area contributed by atoms with Crippen molar-refractivity contribution >= 4 is 11.9 Å². The van der Waals surface area contributed by atoms with E-state index in [9.17, 15) is 9.59 Å². The molecule has 0 aromatic heterocycles. The molecule has 0 spiro atoms. The SMILES string of the molecule is O=C(OCc1cccc(COC(=O)c2ccc3c(c2)OCO3)c1)c1ccc2c(c1)OCO2. The Balaban J connectivity index is 1.16. The van der Waals surface area contributed by atoms with Crippen molar-refractivity contribution in [1.29, 1.82) is 0 Å². The Labute approximate surface area is 183 Å². The fourth-order valence-electron chi connectivity index (χ4n) is 3.32. The van der Waals surface area contributed by atoms with Gasteiger partial charge in [-0.05, 0) is 53.6 Å². The van der Waals surface area contributed by atoms with E-state index < -0.39 is 11.9 Å². The molecule has 5 rings (SSSR count). The summed E-state index contributed by atoms with van der Waals surface area (Å²) in [7, 11) is 0. The Hall–Kier alpha value is -4.20. The van der Waals surface area contributed by atoms with Gasteiger partial charge < -0.3 is 28.4 Å². The highest BCUT2D eigenvalue weighted by Gasteiger charge is 2.18. The van der Waals surface area contributed by atoms with Crippen LogP contribution in [0.2, 0.25) is 0 Å². The zero-order valence-electron chi connectivity index (χ0n) is 16.9. The third kappa shape index (κ3) is 4.15. The van der Waals surface area contributed by atoms with Crippen molar-refractivity contribution in [3.63, 3.8) is 0 Å². The van der Waals surface area contributed by atoms with E-state index in [2.05, 4.69) is 0 Å². The van der Waals surface area contributed by atoms with Crippen LogP contribution in [0.3, 0.4) is 0 Å². The second kappa shape index (κ2) is 8.50. The van der Waals surface area contributed by atoms with Gasteiger partial charge in [-0.3, -0.25) is 0 Å². The topological polar surface area (TPSA) is 89.5 Å². The maximum Gasteiger partial charge on any atom is 0.338 e. The minimum Gasteiger partial charge on any atom is -0.457 e. The molecule has 3 aromatic rings. The molecule has 162 valence electrons. The molecule has 0 unspecified atom stereocenters. The third-order valence-corrected chi connectivity index (χ3v) is 4.95. The molecule has 8 nitrogen and oxygen atoms in total. The first-order valence-electron chi connectivity index (χ1n) is 9.87. The molecule has 3 aromatic carbocycles. The molecule has 2 heterocycles. The van der Waals surface area contributed by atoms with Gasteiger partial charge in [0.15, 0.2) is 23.0 Å². The predicted molar refractivity (Wildman–Crippen MR) is 110 cm³/mol. The Bertz CT molecular complexity index is 1100. The number of ether oxygens (including phenoxy) is 6. The van der Waals surface area contributed by atoms with Gasteiger partial charge in [0.25, 0.3) is 0 Å². The normalized spacial score (nSPS) is 13.0. The van der Waals surface area contributed by atoms with Crippen LogP contribution in [0.25, 0.3) is 0 Å². The molecular formula is C24H18O8. The van der Waals surface area contributed by atoms with Gasteiger partial charge in [0.2, 0.25) is 13.6 Å². The van der Waals surface area contributed by atoms with Crippen molar-refractivity contribution in [1.82, 2.24) is 0 Å². The smallest absolute Gasteiger partial charge is 0.338 e. The van der Waals surface area contributed by atoms with Crippen molar-refractivity contribution in [2.75, 3.05) is 13.6 Å². The van der Waals surface area contributed by atoms with Gasteiger partial charge in [0, 0.05) is 0 Å². The summed E-state index contributed by atoms with van der Waals surface area (Å²) in [6.07, 6.45) is 0. The fourth-order valence-corrected chi connectivity index (χ4v) is 3.32. The molecule has 0 radical (unpaired) electrons. The van der Waals surface area contributed by atoms with Crippen molar-refractivity contribution in [2.45, 2.75) is 13.2 Å². The van der Waals surface area contributed by atoms with Crippen LogP contribution in [0.4, 0.5) is 0 Å². The van der Waals surface area contributed by atoms with Gasteiger partial charge in [-0.1, -0.05) is 18.2 Å². The van der Waals surface area contributed by atoms with Gasteiger partial charge in [-0.25, -0.2) is 9.59 Å². The predicted octanol–water partition coefficient (Wildman–Crippen LogP) is 3.86. The molecule has 2 aliphatic heterocycles. The van der Waals surface area contributed by atoms with E-state index in [0.29, 0.717) is 34.1 Å². The van der Waals surface area contributed by atoms with Crippen LogP contribution in [0.15, 0.2) is 60.7 Å². The van der Waals surface area contributed by atoms with Crippen LogP contribution < -0.4 is 18.9 Å². The first-order valence-corrected chi connectivity index (χ1v) is 9.87. The zero-order chi connectivity index (χ0) is 21.9. The van der Waals surface area contributed by atoms with Gasteiger partial charge in [-0.2, -0.15) is 0 Å². The lowest BCUT2D eigenvalue weighted by molar-refractivity contribution is 0.0471. The van der Waals surface area contributed by atoms with E-state index in [0.717, 1.165) is 11.1 Å². The molecule has 0 fully saturated rings. The van der Waals surface area contributed by atoms with E-state index in [4.69, 9.17) is 28.4 Å². The number of carbonyl (C=O) groups excluding carboxylic acids is 2. The van der Waals surface area contributed by atoms with Crippen molar-refractivity contribution in [3.05, 3.63) is 82.9 Å². The summed E-state index contributed by atoms with van der Waals surface area (Å²) < 4.78 is 31.8. The Morgan fingerprint density at radius 2 is 1.09 bits per heavy atom. The Kier molecular flexibility index (Phi) is 5.25. The minimum absolute atomic E-state index is 0.0806. The maximum absolute atomic E-state index is 12.3. The van der Waals surface area contributed by atoms with Crippen molar-refractivity contribution < 1.29 is 38.0 Å². The number of esters is 2. The van der Waals surface area contributed by atoms with E-state index in [1.165, 1.54) is 0 Å². The maximum atomic E-state index is 12.3. The quantitative estimate of drug-likeness (QED) is 0.541. The number of benzene rings is 3. The zero-order valence-corrected chi connectivity index (χ0v) is 16.9. The van der Waals surface area contributed by atoms with Crippen LogP contribution in [0.5, 0.6) is 23.0 Å². The molecule has 0 N–H and O–H groups in total. The standard InChI is InChI=1S/C24H18O8/c25-23(17-4-6-19-21(9-17)31-13-29-19)27-11-15-2-1-3-16(8-15)12-28-24(26)18-5-7-20-22(10-18)32-14-30-20/h1-10H,11-14H2. The van der Waals surface area contributed by atoms with Gasteiger partial charge in [-0.15, -0.1) is 0 Å². The Morgan fingerprint density at radius 3 is 1.59 bits per heavy atom. The van der Waals surface area contributed by atoms with E-state index >= 15 is 0 Å². The van der Waals surface area contributed by atoms with Crippen LogP contribution in [0.1, 0.15) is 31.8 Å². The lowest BCUT2D eigenvalue weighted by atomic mass is 10.1. The highest BCUT2D eigenvalue weighted by Crippen LogP contribution is 2.33. The van der Waals surface area contributed by atoms with Crippen LogP contribution in [0, 0.1) is 0 Å². The van der Waals surface area contributed by atoms with E-state index in [1.54, 1.807) is 36.4 Å². The summed E-state index contributed by atoms with van der Waals surface area (Å²) in [5.74, 6) is 1.30. The molecule has 0 saturated carbocycles. The average molecular weight is 434 g/mol. The van der Waals surface area contributed by atoms with Crippen LogP contribution >= 0.6 is 0 Å². The number of carbonyl (C=O) groups is 2. The summed E-state index contributed by atoms with van der Waals surface area (Å²) in [4.78, 5) is 24.7. The van der Waals surface area contributed by atoms with E-state index in [-0.39, 0.29) is 26.8 Å². The molecular weight excluding hydrogens is 416 g/mol. The number of fused-ring (bicyclic) bond motifs is 2. The summed E-state index contributed by atoms with van der Waals surface area (Å²) >= 11 is 0. The molecule has 2 aliphatic rings. The number of hydrogen-bond donors (Lipinski definition) is 0. The van der Waals surface area contributed by atoms with E-state index in [1.807, 2.05) is 24.3 Å². The van der Waals surface area contributed by atoms with Gasteiger partial charge in [0.1, 0.15) is 13.2 Å². The van der Waals surface area contributed by atoms with Gasteiger partial charge in [0.05, 0.1) is 11.1 Å². The fraction of sp³-hybridized carbons (Fsp3) is 0.167. The van der Waals surface area contributed by atoms with Crippen molar-refractivity contribution in [2.24, 2.45) is 0 Å². The highest BCUT2D eigenvalue weighted by atomic mass is 16.7. The number of hydrogen-bond acceptors (Lipinski definition) is 8. The molecule has 32 heavy (non-hydrogen) atoms. The second-order valence-electron chi connectivity index (χ2n) is 7.11. The molecule has 0 aliphatic carbocycles. The molecule has 0 amide bonds. The lowest BCUT2D eigenvalue weighted by Gasteiger charge is -2.09. The summed E-state index contributed by atoms with van der Waals surface area (Å²) in [6, 6.07) is 17.1. The lowest BCUT2D eigenvalue weighted by Crippen LogP contribution is -2.07. The van der Waals surface area contributed by atoms with Crippen LogP contribution in [-0.4, -0.2) is 25.5 Å². The molecule has 0 atom stereocenters. The Morgan fingerprint density at radius 1 is 0.625 bits per heavy atom. The monoisotopic (exact) mass is 434 g/mol.